The van der Waals surface area contributed by atoms with Gasteiger partial charge in [0.15, 0.2) is 0 Å². The van der Waals surface area contributed by atoms with E-state index >= 15 is 0 Å². The Balaban J connectivity index is 2.20. The summed E-state index contributed by atoms with van der Waals surface area (Å²) in [7, 11) is 0. The van der Waals surface area contributed by atoms with Gasteiger partial charge < -0.3 is 5.11 Å². The van der Waals surface area contributed by atoms with Crippen LogP contribution in [0.15, 0.2) is 18.2 Å². The van der Waals surface area contributed by atoms with Crippen molar-refractivity contribution >= 4 is 23.2 Å². The van der Waals surface area contributed by atoms with Gasteiger partial charge in [-0.3, -0.25) is 0 Å². The van der Waals surface area contributed by atoms with Gasteiger partial charge in [0, 0.05) is 16.5 Å². The molecule has 100 valence electrons. The largest absolute Gasteiger partial charge is 0.389 e. The van der Waals surface area contributed by atoms with Gasteiger partial charge in [0.05, 0.1) is 5.60 Å². The topological polar surface area (TPSA) is 20.2 Å². The van der Waals surface area contributed by atoms with E-state index in [4.69, 9.17) is 23.2 Å². The summed E-state index contributed by atoms with van der Waals surface area (Å²) in [5.74, 6) is 0.901. The van der Waals surface area contributed by atoms with Crippen molar-refractivity contribution in [1.29, 1.82) is 0 Å². The molecule has 0 bridgehead atoms. The van der Waals surface area contributed by atoms with E-state index in [0.29, 0.717) is 28.3 Å². The van der Waals surface area contributed by atoms with Crippen molar-refractivity contribution in [3.05, 3.63) is 33.8 Å². The predicted octanol–water partition coefficient (Wildman–Crippen LogP) is 4.72. The highest BCUT2D eigenvalue weighted by atomic mass is 35.5. The number of halogens is 2. The smallest absolute Gasteiger partial charge is 0.0716 e. The summed E-state index contributed by atoms with van der Waals surface area (Å²) >= 11 is 12.1. The van der Waals surface area contributed by atoms with Crippen LogP contribution >= 0.6 is 23.2 Å². The molecule has 0 spiro atoms. The molecule has 3 atom stereocenters. The van der Waals surface area contributed by atoms with Crippen molar-refractivity contribution in [3.63, 3.8) is 0 Å². The fraction of sp³-hybridized carbons (Fsp3) is 0.600. The van der Waals surface area contributed by atoms with E-state index in [1.54, 1.807) is 6.07 Å². The lowest BCUT2D eigenvalue weighted by molar-refractivity contribution is -0.0560. The van der Waals surface area contributed by atoms with Crippen LogP contribution in [0.5, 0.6) is 0 Å². The third-order valence-electron chi connectivity index (χ3n) is 4.22. The van der Waals surface area contributed by atoms with Gasteiger partial charge in [-0.15, -0.1) is 0 Å². The Kier molecular flexibility index (Phi) is 4.25. The Labute approximate surface area is 119 Å². The highest BCUT2D eigenvalue weighted by Crippen LogP contribution is 2.40. The highest BCUT2D eigenvalue weighted by molar-refractivity contribution is 6.35. The molecular weight excluding hydrogens is 267 g/mol. The van der Waals surface area contributed by atoms with Crippen LogP contribution in [-0.4, -0.2) is 10.7 Å². The van der Waals surface area contributed by atoms with Gasteiger partial charge in [-0.05, 0) is 42.4 Å². The second kappa shape index (κ2) is 5.40. The van der Waals surface area contributed by atoms with Crippen LogP contribution in [0.25, 0.3) is 0 Å². The van der Waals surface area contributed by atoms with E-state index in [1.165, 1.54) is 6.42 Å². The van der Waals surface area contributed by atoms with Gasteiger partial charge in [-0.1, -0.05) is 49.5 Å². The first kappa shape index (κ1) is 14.2. The normalized spacial score (nSPS) is 32.5. The molecule has 0 aromatic heterocycles. The van der Waals surface area contributed by atoms with Gasteiger partial charge in [0.1, 0.15) is 0 Å². The minimum atomic E-state index is -0.630. The molecule has 0 radical (unpaired) electrons. The van der Waals surface area contributed by atoms with Crippen LogP contribution < -0.4 is 0 Å². The fourth-order valence-electron chi connectivity index (χ4n) is 2.95. The van der Waals surface area contributed by atoms with Gasteiger partial charge in [0.25, 0.3) is 0 Å². The molecular formula is C15H20Cl2O. The van der Waals surface area contributed by atoms with Crippen LogP contribution in [0, 0.1) is 11.8 Å². The average molecular weight is 287 g/mol. The van der Waals surface area contributed by atoms with Crippen molar-refractivity contribution in [3.8, 4) is 0 Å². The molecule has 3 unspecified atom stereocenters. The van der Waals surface area contributed by atoms with Crippen molar-refractivity contribution in [2.75, 3.05) is 0 Å². The van der Waals surface area contributed by atoms with Gasteiger partial charge in [-0.25, -0.2) is 0 Å². The molecule has 3 heteroatoms. The number of rotatable bonds is 2. The maximum atomic E-state index is 10.9. The summed E-state index contributed by atoms with van der Waals surface area (Å²) in [5, 5.41) is 12.2. The predicted molar refractivity (Wildman–Crippen MR) is 77.3 cm³/mol. The Hall–Kier alpha value is -0.240. The van der Waals surface area contributed by atoms with E-state index in [2.05, 4.69) is 13.8 Å². The zero-order chi connectivity index (χ0) is 13.3. The molecule has 1 aliphatic carbocycles. The molecule has 18 heavy (non-hydrogen) atoms. The molecule has 1 N–H and O–H groups in total. The third kappa shape index (κ3) is 3.01. The molecule has 1 aliphatic rings. The minimum Gasteiger partial charge on any atom is -0.389 e. The highest BCUT2D eigenvalue weighted by Gasteiger charge is 2.39. The molecule has 1 aromatic carbocycles. The van der Waals surface area contributed by atoms with Gasteiger partial charge in [0.2, 0.25) is 0 Å². The summed E-state index contributed by atoms with van der Waals surface area (Å²) < 4.78 is 0. The zero-order valence-corrected chi connectivity index (χ0v) is 12.4. The second-order valence-corrected chi connectivity index (χ2v) is 6.65. The summed E-state index contributed by atoms with van der Waals surface area (Å²) in [5.41, 5.74) is 0.360. The molecule has 1 saturated carbocycles. The molecule has 0 heterocycles. The second-order valence-electron chi connectivity index (χ2n) is 5.80. The van der Waals surface area contributed by atoms with Crippen LogP contribution in [0.2, 0.25) is 10.0 Å². The van der Waals surface area contributed by atoms with Crippen molar-refractivity contribution in [1.82, 2.24) is 0 Å². The summed E-state index contributed by atoms with van der Waals surface area (Å²) in [6.45, 7) is 4.34. The van der Waals surface area contributed by atoms with E-state index < -0.39 is 5.60 Å². The Morgan fingerprint density at radius 2 is 2.00 bits per heavy atom. The quantitative estimate of drug-likeness (QED) is 0.834. The van der Waals surface area contributed by atoms with Crippen LogP contribution in [-0.2, 0) is 6.42 Å². The Morgan fingerprint density at radius 3 is 2.67 bits per heavy atom. The Morgan fingerprint density at radius 1 is 1.28 bits per heavy atom. The summed E-state index contributed by atoms with van der Waals surface area (Å²) in [6.07, 6.45) is 3.77. The SMILES string of the molecule is CC1CCC(C)C(O)(Cc2ccc(Cl)cc2Cl)C1. The Bertz CT molecular complexity index is 433. The first-order valence-electron chi connectivity index (χ1n) is 6.57. The molecule has 1 nitrogen and oxygen atoms in total. The zero-order valence-electron chi connectivity index (χ0n) is 10.9. The molecule has 2 rings (SSSR count). The van der Waals surface area contributed by atoms with Gasteiger partial charge in [-0.2, -0.15) is 0 Å². The number of aliphatic hydroxyl groups is 1. The average Bonchev–Trinajstić information content (AvgIpc) is 2.28. The van der Waals surface area contributed by atoms with E-state index in [1.807, 2.05) is 12.1 Å². The van der Waals surface area contributed by atoms with E-state index in [9.17, 15) is 5.11 Å². The lowest BCUT2D eigenvalue weighted by Crippen LogP contribution is -2.43. The summed E-state index contributed by atoms with van der Waals surface area (Å²) in [4.78, 5) is 0. The lowest BCUT2D eigenvalue weighted by atomic mass is 9.69. The third-order valence-corrected chi connectivity index (χ3v) is 4.81. The maximum Gasteiger partial charge on any atom is 0.0716 e. The first-order valence-corrected chi connectivity index (χ1v) is 7.32. The van der Waals surface area contributed by atoms with E-state index in [-0.39, 0.29) is 0 Å². The van der Waals surface area contributed by atoms with Crippen molar-refractivity contribution < 1.29 is 5.11 Å². The molecule has 1 aromatic rings. The monoisotopic (exact) mass is 286 g/mol. The molecule has 1 fully saturated rings. The number of hydrogen-bond donors (Lipinski definition) is 1. The van der Waals surface area contributed by atoms with E-state index in [0.717, 1.165) is 18.4 Å². The minimum absolute atomic E-state index is 0.320. The van der Waals surface area contributed by atoms with Crippen LogP contribution in [0.3, 0.4) is 0 Å². The summed E-state index contributed by atoms with van der Waals surface area (Å²) in [6, 6.07) is 5.51. The maximum absolute atomic E-state index is 10.9. The van der Waals surface area contributed by atoms with Gasteiger partial charge >= 0.3 is 0 Å². The first-order chi connectivity index (χ1) is 8.40. The number of hydrogen-bond acceptors (Lipinski definition) is 1. The number of benzene rings is 1. The molecule has 0 aliphatic heterocycles. The molecule has 0 amide bonds. The van der Waals surface area contributed by atoms with Crippen molar-refractivity contribution in [2.45, 2.75) is 45.1 Å². The standard InChI is InChI=1S/C15H20Cl2O/c1-10-3-4-11(2)15(18,8-10)9-12-5-6-13(16)7-14(12)17/h5-7,10-11,18H,3-4,8-9H2,1-2H3. The molecule has 0 saturated heterocycles. The van der Waals surface area contributed by atoms with Crippen LogP contribution in [0.1, 0.15) is 38.7 Å². The van der Waals surface area contributed by atoms with Crippen molar-refractivity contribution in [2.24, 2.45) is 11.8 Å². The fourth-order valence-corrected chi connectivity index (χ4v) is 3.43. The lowest BCUT2D eigenvalue weighted by Gasteiger charge is -2.41. The van der Waals surface area contributed by atoms with Crippen LogP contribution in [0.4, 0.5) is 0 Å².